The average Bonchev–Trinajstić information content (AvgIpc) is 3.58. The number of aliphatic carboxylic acids is 3. The zero-order chi connectivity index (χ0) is 38.8. The summed E-state index contributed by atoms with van der Waals surface area (Å²) < 4.78 is 11.4. The second kappa shape index (κ2) is 15.2. The minimum absolute atomic E-state index is 0.00796. The Kier molecular flexibility index (Phi) is 10.4. The van der Waals surface area contributed by atoms with Crippen LogP contribution in [0.15, 0.2) is 68.3 Å². The van der Waals surface area contributed by atoms with E-state index in [9.17, 15) is 48.9 Å². The maximum Gasteiger partial charge on any atom is 0.352 e. The summed E-state index contributed by atoms with van der Waals surface area (Å²) in [7, 11) is 0. The van der Waals surface area contributed by atoms with Crippen LogP contribution in [-0.4, -0.2) is 116 Å². The molecule has 1 saturated heterocycles. The number of rotatable bonds is 14. The molecule has 4 heterocycles. The number of hydrogen-bond acceptors (Lipinski definition) is 16. The summed E-state index contributed by atoms with van der Waals surface area (Å²) in [5.74, 6) is -7.81. The molecule has 3 atom stereocenters. The van der Waals surface area contributed by atoms with Crippen molar-refractivity contribution >= 4 is 70.1 Å². The molecule has 2 aliphatic heterocycles. The van der Waals surface area contributed by atoms with Crippen LogP contribution in [0.4, 0.5) is 0 Å². The molecule has 21 nitrogen and oxygen atoms in total. The molecule has 0 aliphatic carbocycles. The van der Waals surface area contributed by atoms with E-state index in [2.05, 4.69) is 26.2 Å². The smallest absolute Gasteiger partial charge is 0.352 e. The molecular formula is C31H25N7O14S2. The number of nitrogens with one attached hydrogen (secondary N) is 2. The van der Waals surface area contributed by atoms with Crippen molar-refractivity contribution in [2.24, 2.45) is 0 Å². The molecular weight excluding hydrogens is 759 g/mol. The SMILES string of the molecule is O=C(O)COc1ccc(C(NC(=O)c2coc3c(O)c(O)ccc3c2=O)C(=O)N[C@@H]2C(=O)N3C(C(=O)O)=C(CSc4nnnn4CC(=O)O)CS[C@@H]23)cc1. The van der Waals surface area contributed by atoms with E-state index in [1.165, 1.54) is 24.3 Å². The molecule has 7 N–H and O–H groups in total. The Balaban J connectivity index is 1.23. The lowest BCUT2D eigenvalue weighted by Crippen LogP contribution is -2.71. The number of carbonyl (C=O) groups is 6. The van der Waals surface area contributed by atoms with E-state index >= 15 is 0 Å². The molecule has 4 aromatic rings. The van der Waals surface area contributed by atoms with Gasteiger partial charge in [-0.3, -0.25) is 28.9 Å². The largest absolute Gasteiger partial charge is 0.504 e. The average molecular weight is 784 g/mol. The Labute approximate surface area is 308 Å². The second-order valence-corrected chi connectivity index (χ2v) is 13.4. The van der Waals surface area contributed by atoms with Gasteiger partial charge in [0.15, 0.2) is 17.9 Å². The number of carboxylic acids is 3. The first-order chi connectivity index (χ1) is 25.7. The van der Waals surface area contributed by atoms with Crippen LogP contribution in [0.5, 0.6) is 17.2 Å². The number of ether oxygens (including phenoxy) is 1. The van der Waals surface area contributed by atoms with Crippen molar-refractivity contribution in [2.45, 2.75) is 29.2 Å². The number of aromatic nitrogens is 4. The van der Waals surface area contributed by atoms with E-state index < -0.39 is 94.3 Å². The Morgan fingerprint density at radius 2 is 1.78 bits per heavy atom. The third kappa shape index (κ3) is 7.34. The molecule has 0 spiro atoms. The zero-order valence-electron chi connectivity index (χ0n) is 27.1. The zero-order valence-corrected chi connectivity index (χ0v) is 28.7. The first kappa shape index (κ1) is 37.1. The lowest BCUT2D eigenvalue weighted by molar-refractivity contribution is -0.151. The molecule has 2 aromatic heterocycles. The molecule has 280 valence electrons. The summed E-state index contributed by atoms with van der Waals surface area (Å²) in [5, 5.41) is 62.6. The van der Waals surface area contributed by atoms with Crippen molar-refractivity contribution in [3.63, 3.8) is 0 Å². The van der Waals surface area contributed by atoms with Gasteiger partial charge in [0.2, 0.25) is 22.2 Å². The van der Waals surface area contributed by atoms with Crippen LogP contribution < -0.4 is 20.8 Å². The predicted octanol–water partition coefficient (Wildman–Crippen LogP) is -0.259. The first-order valence-electron chi connectivity index (χ1n) is 15.3. The molecule has 0 saturated carbocycles. The minimum atomic E-state index is -1.59. The molecule has 6 rings (SSSR count). The van der Waals surface area contributed by atoms with Crippen molar-refractivity contribution in [1.82, 2.24) is 35.7 Å². The van der Waals surface area contributed by atoms with Gasteiger partial charge >= 0.3 is 17.9 Å². The van der Waals surface area contributed by atoms with Crippen LogP contribution in [0.3, 0.4) is 0 Å². The van der Waals surface area contributed by atoms with Gasteiger partial charge in [0, 0.05) is 11.5 Å². The highest BCUT2D eigenvalue weighted by molar-refractivity contribution is 8.01. The van der Waals surface area contributed by atoms with Crippen LogP contribution in [0, 0.1) is 0 Å². The van der Waals surface area contributed by atoms with Crippen LogP contribution >= 0.6 is 23.5 Å². The van der Waals surface area contributed by atoms with Gasteiger partial charge in [-0.05, 0) is 45.8 Å². The van der Waals surface area contributed by atoms with Gasteiger partial charge < -0.3 is 45.3 Å². The maximum atomic E-state index is 13.9. The standard InChI is InChI=1S/C31H25N7O14S2/c39-17-6-5-15-23(44)16(8-52-25(15)24(17)45)26(46)32-20(12-1-3-14(4-2-12)51-9-19(42)43)27(47)33-21-28(48)38-22(30(49)50)13(10-53-29(21)38)11-54-31-34-35-36-37(31)7-18(40)41/h1-6,8,20-21,29,39,45H,7,9-11H2,(H,32,46)(H,33,47)(H,40,41)(H,42,43)(H,49,50)/t20?,21-,29+/m1/s1. The lowest BCUT2D eigenvalue weighted by Gasteiger charge is -2.49. The third-order valence-electron chi connectivity index (χ3n) is 7.96. The van der Waals surface area contributed by atoms with Crippen molar-refractivity contribution in [2.75, 3.05) is 18.1 Å². The van der Waals surface area contributed by atoms with Gasteiger partial charge in [0.25, 0.3) is 11.8 Å². The summed E-state index contributed by atoms with van der Waals surface area (Å²) >= 11 is 2.11. The lowest BCUT2D eigenvalue weighted by atomic mass is 10.0. The Bertz CT molecular complexity index is 2310. The fourth-order valence-corrected chi connectivity index (χ4v) is 7.81. The normalized spacial score (nSPS) is 17.0. The molecule has 2 aliphatic rings. The summed E-state index contributed by atoms with van der Waals surface area (Å²) in [6.45, 7) is -1.19. The van der Waals surface area contributed by atoms with Crippen LogP contribution in [0.2, 0.25) is 0 Å². The molecule has 0 radical (unpaired) electrons. The summed E-state index contributed by atoms with van der Waals surface area (Å²) in [6.07, 6.45) is 0.727. The number of fused-ring (bicyclic) bond motifs is 2. The fraction of sp³-hybridized carbons (Fsp3) is 0.226. The molecule has 3 amide bonds. The fourth-order valence-electron chi connectivity index (χ4n) is 5.45. The number of carboxylic acid groups (broad SMARTS) is 3. The number of carbonyl (C=O) groups excluding carboxylic acids is 3. The van der Waals surface area contributed by atoms with Gasteiger partial charge in [-0.2, -0.15) is 0 Å². The number of thioether (sulfide) groups is 2. The quantitative estimate of drug-likeness (QED) is 0.0492. The summed E-state index contributed by atoms with van der Waals surface area (Å²) in [6, 6.07) is 4.59. The minimum Gasteiger partial charge on any atom is -0.504 e. The van der Waals surface area contributed by atoms with Gasteiger partial charge in [-0.1, -0.05) is 23.9 Å². The molecule has 23 heteroatoms. The molecule has 2 aromatic carbocycles. The topological polar surface area (TPSA) is 314 Å². The van der Waals surface area contributed by atoms with E-state index in [-0.39, 0.29) is 39.1 Å². The highest BCUT2D eigenvalue weighted by Crippen LogP contribution is 2.42. The highest BCUT2D eigenvalue weighted by atomic mass is 32.2. The van der Waals surface area contributed by atoms with E-state index in [0.717, 1.165) is 51.5 Å². The third-order valence-corrected chi connectivity index (χ3v) is 10.3. The number of phenolic OH excluding ortho intramolecular Hbond substituents is 2. The number of phenols is 2. The molecule has 54 heavy (non-hydrogen) atoms. The van der Waals surface area contributed by atoms with Crippen molar-refractivity contribution in [3.05, 3.63) is 75.3 Å². The Hall–Kier alpha value is -6.62. The first-order valence-corrected chi connectivity index (χ1v) is 17.3. The second-order valence-electron chi connectivity index (χ2n) is 11.4. The highest BCUT2D eigenvalue weighted by Gasteiger charge is 2.54. The number of β-lactam (4-membered cyclic amide) rings is 1. The van der Waals surface area contributed by atoms with Crippen LogP contribution in [-0.2, 0) is 30.5 Å². The molecule has 1 fully saturated rings. The Morgan fingerprint density at radius 1 is 1.04 bits per heavy atom. The molecule has 0 bridgehead atoms. The van der Waals surface area contributed by atoms with Crippen molar-refractivity contribution in [3.8, 4) is 17.2 Å². The van der Waals surface area contributed by atoms with E-state index in [1.807, 2.05) is 0 Å². The number of hydrogen-bond donors (Lipinski definition) is 7. The number of tetrazole rings is 1. The predicted molar refractivity (Wildman–Crippen MR) is 181 cm³/mol. The van der Waals surface area contributed by atoms with Crippen molar-refractivity contribution in [1.29, 1.82) is 0 Å². The van der Waals surface area contributed by atoms with Gasteiger partial charge in [0.05, 0.1) is 5.39 Å². The van der Waals surface area contributed by atoms with E-state index in [4.69, 9.17) is 19.4 Å². The van der Waals surface area contributed by atoms with Crippen LogP contribution in [0.25, 0.3) is 11.0 Å². The Morgan fingerprint density at radius 3 is 2.46 bits per heavy atom. The monoisotopic (exact) mass is 783 g/mol. The number of amides is 3. The van der Waals surface area contributed by atoms with Crippen LogP contribution in [0.1, 0.15) is 22.0 Å². The molecule has 1 unspecified atom stereocenters. The van der Waals surface area contributed by atoms with Gasteiger partial charge in [0.1, 0.15) is 47.3 Å². The van der Waals surface area contributed by atoms with E-state index in [0.29, 0.717) is 5.57 Å². The number of benzene rings is 2. The van der Waals surface area contributed by atoms with Gasteiger partial charge in [-0.25, -0.2) is 14.3 Å². The van der Waals surface area contributed by atoms with E-state index in [1.54, 1.807) is 0 Å². The van der Waals surface area contributed by atoms with Crippen molar-refractivity contribution < 1.29 is 63.5 Å². The summed E-state index contributed by atoms with van der Waals surface area (Å²) in [4.78, 5) is 89.4. The summed E-state index contributed by atoms with van der Waals surface area (Å²) in [5.41, 5.74) is -1.81. The number of aromatic hydroxyl groups is 2. The number of nitrogens with zero attached hydrogens (tertiary/aromatic N) is 5. The van der Waals surface area contributed by atoms with Gasteiger partial charge in [-0.15, -0.1) is 16.9 Å². The maximum absolute atomic E-state index is 13.9.